The van der Waals surface area contributed by atoms with Crippen molar-refractivity contribution in [3.05, 3.63) is 30.1 Å². The lowest BCUT2D eigenvalue weighted by molar-refractivity contribution is -0.142. The van der Waals surface area contributed by atoms with Gasteiger partial charge in [0.25, 0.3) is 0 Å². The van der Waals surface area contributed by atoms with E-state index in [1.54, 1.807) is 12.4 Å². The molecule has 4 nitrogen and oxygen atoms in total. The molecule has 88 valence electrons. The zero-order valence-electron chi connectivity index (χ0n) is 9.99. The number of hydrogen-bond donors (Lipinski definition) is 1. The maximum atomic E-state index is 11.4. The minimum Gasteiger partial charge on any atom is -0.469 e. The molecule has 1 heterocycles. The molecule has 1 aromatic rings. The van der Waals surface area contributed by atoms with E-state index in [9.17, 15) is 4.79 Å². The van der Waals surface area contributed by atoms with Gasteiger partial charge in [-0.05, 0) is 25.1 Å². The van der Waals surface area contributed by atoms with Crippen LogP contribution in [0.4, 0.5) is 0 Å². The summed E-state index contributed by atoms with van der Waals surface area (Å²) >= 11 is 0. The first-order valence-electron chi connectivity index (χ1n) is 5.34. The zero-order chi connectivity index (χ0) is 12.0. The lowest BCUT2D eigenvalue weighted by Gasteiger charge is -2.29. The standard InChI is InChI=1S/C12H18N2O2/c1-4-14-12(2,8-11(15)16-3)10-6-5-7-13-9-10/h5-7,9,14H,4,8H2,1-3H3. The molecule has 1 unspecified atom stereocenters. The van der Waals surface area contributed by atoms with Crippen LogP contribution in [-0.4, -0.2) is 24.6 Å². The van der Waals surface area contributed by atoms with Crippen molar-refractivity contribution in [2.45, 2.75) is 25.8 Å². The molecular weight excluding hydrogens is 204 g/mol. The Morgan fingerprint density at radius 3 is 2.88 bits per heavy atom. The molecule has 0 spiro atoms. The second-order valence-corrected chi connectivity index (χ2v) is 3.86. The van der Waals surface area contributed by atoms with Crippen LogP contribution in [0.5, 0.6) is 0 Å². The fourth-order valence-corrected chi connectivity index (χ4v) is 1.71. The highest BCUT2D eigenvalue weighted by atomic mass is 16.5. The van der Waals surface area contributed by atoms with Crippen LogP contribution >= 0.6 is 0 Å². The van der Waals surface area contributed by atoms with Crippen LogP contribution in [0.3, 0.4) is 0 Å². The van der Waals surface area contributed by atoms with Gasteiger partial charge in [-0.1, -0.05) is 13.0 Å². The molecule has 4 heteroatoms. The summed E-state index contributed by atoms with van der Waals surface area (Å²) in [6.45, 7) is 4.76. The number of methoxy groups -OCH3 is 1. The maximum Gasteiger partial charge on any atom is 0.307 e. The Balaban J connectivity index is 2.92. The first kappa shape index (κ1) is 12.6. The molecule has 0 aromatic carbocycles. The normalized spacial score (nSPS) is 14.2. The molecule has 0 radical (unpaired) electrons. The molecule has 0 saturated carbocycles. The number of aromatic nitrogens is 1. The van der Waals surface area contributed by atoms with Gasteiger partial charge >= 0.3 is 5.97 Å². The third-order valence-corrected chi connectivity index (χ3v) is 2.59. The van der Waals surface area contributed by atoms with Crippen LogP contribution < -0.4 is 5.32 Å². The third kappa shape index (κ3) is 3.03. The molecule has 0 aliphatic carbocycles. The quantitative estimate of drug-likeness (QED) is 0.766. The van der Waals surface area contributed by atoms with Crippen LogP contribution in [0.1, 0.15) is 25.8 Å². The number of pyridine rings is 1. The minimum absolute atomic E-state index is 0.229. The minimum atomic E-state index is -0.421. The summed E-state index contributed by atoms with van der Waals surface area (Å²) in [4.78, 5) is 15.5. The van der Waals surface area contributed by atoms with E-state index in [0.29, 0.717) is 6.42 Å². The second kappa shape index (κ2) is 5.61. The lowest BCUT2D eigenvalue weighted by atomic mass is 9.90. The predicted octanol–water partition coefficient (Wildman–Crippen LogP) is 1.47. The van der Waals surface area contributed by atoms with E-state index in [4.69, 9.17) is 4.74 Å². The molecule has 1 aromatic heterocycles. The average molecular weight is 222 g/mol. The monoisotopic (exact) mass is 222 g/mol. The molecule has 1 rings (SSSR count). The number of carbonyl (C=O) groups excluding carboxylic acids is 1. The topological polar surface area (TPSA) is 51.2 Å². The van der Waals surface area contributed by atoms with Gasteiger partial charge in [0.1, 0.15) is 0 Å². The molecule has 0 amide bonds. The Morgan fingerprint density at radius 1 is 1.62 bits per heavy atom. The predicted molar refractivity (Wildman–Crippen MR) is 61.9 cm³/mol. The van der Waals surface area contributed by atoms with Crippen LogP contribution in [0.2, 0.25) is 0 Å². The zero-order valence-corrected chi connectivity index (χ0v) is 9.99. The number of rotatable bonds is 5. The van der Waals surface area contributed by atoms with Crippen molar-refractivity contribution in [2.24, 2.45) is 0 Å². The van der Waals surface area contributed by atoms with Crippen molar-refractivity contribution >= 4 is 5.97 Å². The number of esters is 1. The van der Waals surface area contributed by atoms with Crippen LogP contribution in [-0.2, 0) is 15.1 Å². The molecule has 0 saturated heterocycles. The smallest absolute Gasteiger partial charge is 0.307 e. The Kier molecular flexibility index (Phi) is 4.43. The summed E-state index contributed by atoms with van der Waals surface area (Å²) in [5, 5.41) is 3.30. The molecular formula is C12H18N2O2. The van der Waals surface area contributed by atoms with E-state index in [-0.39, 0.29) is 5.97 Å². The SMILES string of the molecule is CCNC(C)(CC(=O)OC)c1cccnc1. The fourth-order valence-electron chi connectivity index (χ4n) is 1.71. The molecule has 0 aliphatic rings. The summed E-state index contributed by atoms with van der Waals surface area (Å²) in [5.74, 6) is -0.229. The van der Waals surface area contributed by atoms with Crippen molar-refractivity contribution < 1.29 is 9.53 Å². The first-order valence-corrected chi connectivity index (χ1v) is 5.34. The number of nitrogens with zero attached hydrogens (tertiary/aromatic N) is 1. The Labute approximate surface area is 96.0 Å². The highest BCUT2D eigenvalue weighted by Crippen LogP contribution is 2.24. The van der Waals surface area contributed by atoms with Gasteiger partial charge in [0, 0.05) is 12.4 Å². The Bertz CT molecular complexity index is 340. The summed E-state index contributed by atoms with van der Waals surface area (Å²) in [6, 6.07) is 3.82. The summed E-state index contributed by atoms with van der Waals surface area (Å²) in [6.07, 6.45) is 3.78. The number of ether oxygens (including phenoxy) is 1. The number of nitrogens with one attached hydrogen (secondary N) is 1. The van der Waals surface area contributed by atoms with Gasteiger partial charge in [-0.3, -0.25) is 9.78 Å². The molecule has 1 atom stereocenters. The van der Waals surface area contributed by atoms with Crippen molar-refractivity contribution in [1.29, 1.82) is 0 Å². The molecule has 0 bridgehead atoms. The van der Waals surface area contributed by atoms with E-state index in [1.807, 2.05) is 26.0 Å². The third-order valence-electron chi connectivity index (χ3n) is 2.59. The molecule has 16 heavy (non-hydrogen) atoms. The van der Waals surface area contributed by atoms with E-state index in [1.165, 1.54) is 7.11 Å². The molecule has 0 fully saturated rings. The molecule has 1 N–H and O–H groups in total. The van der Waals surface area contributed by atoms with Gasteiger partial charge in [0.2, 0.25) is 0 Å². The Hall–Kier alpha value is -1.42. The van der Waals surface area contributed by atoms with E-state index >= 15 is 0 Å². The fraction of sp³-hybridized carbons (Fsp3) is 0.500. The van der Waals surface area contributed by atoms with Crippen molar-refractivity contribution in [3.63, 3.8) is 0 Å². The van der Waals surface area contributed by atoms with Crippen LogP contribution in [0.15, 0.2) is 24.5 Å². The van der Waals surface area contributed by atoms with Gasteiger partial charge in [0.05, 0.1) is 19.1 Å². The van der Waals surface area contributed by atoms with E-state index in [0.717, 1.165) is 12.1 Å². The first-order chi connectivity index (χ1) is 7.62. The molecule has 0 aliphatic heterocycles. The van der Waals surface area contributed by atoms with Gasteiger partial charge in [-0.2, -0.15) is 0 Å². The number of carbonyl (C=O) groups is 1. The van der Waals surface area contributed by atoms with Gasteiger partial charge < -0.3 is 10.1 Å². The summed E-state index contributed by atoms with van der Waals surface area (Å²) in [7, 11) is 1.40. The van der Waals surface area contributed by atoms with E-state index in [2.05, 4.69) is 10.3 Å². The maximum absolute atomic E-state index is 11.4. The van der Waals surface area contributed by atoms with Gasteiger partial charge in [-0.15, -0.1) is 0 Å². The van der Waals surface area contributed by atoms with E-state index < -0.39 is 5.54 Å². The number of hydrogen-bond acceptors (Lipinski definition) is 4. The van der Waals surface area contributed by atoms with Crippen molar-refractivity contribution in [1.82, 2.24) is 10.3 Å². The van der Waals surface area contributed by atoms with Crippen LogP contribution in [0.25, 0.3) is 0 Å². The second-order valence-electron chi connectivity index (χ2n) is 3.86. The lowest BCUT2D eigenvalue weighted by Crippen LogP contribution is -2.41. The van der Waals surface area contributed by atoms with Crippen molar-refractivity contribution in [3.8, 4) is 0 Å². The van der Waals surface area contributed by atoms with Crippen LogP contribution in [0, 0.1) is 0 Å². The average Bonchev–Trinajstić information content (AvgIpc) is 2.30. The van der Waals surface area contributed by atoms with Gasteiger partial charge in [0.15, 0.2) is 0 Å². The highest BCUT2D eigenvalue weighted by Gasteiger charge is 2.29. The Morgan fingerprint density at radius 2 is 2.38 bits per heavy atom. The summed E-state index contributed by atoms with van der Waals surface area (Å²) in [5.41, 5.74) is 0.568. The van der Waals surface area contributed by atoms with Crippen molar-refractivity contribution in [2.75, 3.05) is 13.7 Å². The van der Waals surface area contributed by atoms with Gasteiger partial charge in [-0.25, -0.2) is 0 Å². The highest BCUT2D eigenvalue weighted by molar-refractivity contribution is 5.71. The largest absolute Gasteiger partial charge is 0.469 e. The summed E-state index contributed by atoms with van der Waals surface area (Å²) < 4.78 is 4.71.